The summed E-state index contributed by atoms with van der Waals surface area (Å²) < 4.78 is 37.5. The third-order valence-electron chi connectivity index (χ3n) is 4.67. The van der Waals surface area contributed by atoms with Crippen LogP contribution in [0.3, 0.4) is 0 Å². The Morgan fingerprint density at radius 2 is 2.08 bits per heavy atom. The van der Waals surface area contributed by atoms with E-state index in [0.717, 1.165) is 0 Å². The maximum Gasteiger partial charge on any atom is 0.315 e. The van der Waals surface area contributed by atoms with E-state index in [-0.39, 0.29) is 35.2 Å². The van der Waals surface area contributed by atoms with Crippen molar-refractivity contribution in [3.63, 3.8) is 0 Å². The number of urea groups is 1. The second-order valence-corrected chi connectivity index (χ2v) is 9.21. The summed E-state index contributed by atoms with van der Waals surface area (Å²) in [6.45, 7) is 0. The molecule has 2 aliphatic rings. The fraction of sp³-hybridized carbons (Fsp3) is 0.500. The first kappa shape index (κ1) is 18.9. The van der Waals surface area contributed by atoms with Crippen molar-refractivity contribution >= 4 is 39.1 Å². The van der Waals surface area contributed by atoms with Gasteiger partial charge in [-0.15, -0.1) is 0 Å². The lowest BCUT2D eigenvalue weighted by Gasteiger charge is -2.16. The number of hydrogen-bond donors (Lipinski definition) is 3. The predicted octanol–water partition coefficient (Wildman–Crippen LogP) is 1.83. The van der Waals surface area contributed by atoms with Crippen molar-refractivity contribution in [2.45, 2.75) is 43.0 Å². The van der Waals surface area contributed by atoms with Crippen LogP contribution in [0.4, 0.5) is 14.9 Å². The third-order valence-corrected chi connectivity index (χ3v) is 7.23. The molecule has 0 saturated carbocycles. The summed E-state index contributed by atoms with van der Waals surface area (Å²) in [5.41, 5.74) is 0.405. The number of halogens is 2. The normalized spacial score (nSPS) is 26.1. The largest absolute Gasteiger partial charge is 0.332 e. The van der Waals surface area contributed by atoms with E-state index < -0.39 is 26.9 Å². The zero-order valence-electron chi connectivity index (χ0n) is 13.8. The van der Waals surface area contributed by atoms with Gasteiger partial charge in [0, 0.05) is 12.1 Å². The Hall–Kier alpha value is -1.87. The van der Waals surface area contributed by atoms with Crippen molar-refractivity contribution in [3.05, 3.63) is 29.0 Å². The van der Waals surface area contributed by atoms with Crippen molar-refractivity contribution < 1.29 is 22.4 Å². The van der Waals surface area contributed by atoms with Crippen LogP contribution in [0.2, 0.25) is 5.02 Å². The Labute approximate surface area is 155 Å². The molecule has 3 amide bonds. The molecule has 142 valence electrons. The fourth-order valence-corrected chi connectivity index (χ4v) is 5.88. The maximum absolute atomic E-state index is 13.1. The molecule has 2 saturated heterocycles. The molecule has 0 spiro atoms. The number of fused-ring (bicyclic) bond motifs is 1. The topological polar surface area (TPSA) is 104 Å². The van der Waals surface area contributed by atoms with Crippen molar-refractivity contribution in [2.24, 2.45) is 0 Å². The average molecular weight is 404 g/mol. The van der Waals surface area contributed by atoms with Crippen molar-refractivity contribution in [3.8, 4) is 0 Å². The highest BCUT2D eigenvalue weighted by molar-refractivity contribution is 7.92. The maximum atomic E-state index is 13.1. The summed E-state index contributed by atoms with van der Waals surface area (Å²) in [6, 6.07) is 2.81. The van der Waals surface area contributed by atoms with Gasteiger partial charge in [0.05, 0.1) is 28.1 Å². The summed E-state index contributed by atoms with van der Waals surface area (Å²) in [6.07, 6.45) is 1.65. The van der Waals surface area contributed by atoms with E-state index in [2.05, 4.69) is 16.0 Å². The van der Waals surface area contributed by atoms with E-state index >= 15 is 0 Å². The van der Waals surface area contributed by atoms with Gasteiger partial charge >= 0.3 is 6.03 Å². The summed E-state index contributed by atoms with van der Waals surface area (Å²) in [4.78, 5) is 23.3. The Balaban J connectivity index is 1.45. The standard InChI is InChI=1S/C16H19ClFN3O4S/c17-10-7-9(5-6-11(10)18)19-14(22)4-2-1-3-13-15-12(8-26(13,24)25)20-16(23)21-15/h5-7,12-13,15H,1-4,8H2,(H,19,22)(H2,20,21,23)/t12-,13-,15-/m1/s1. The number of carbonyl (C=O) groups is 2. The first-order valence-corrected chi connectivity index (χ1v) is 10.4. The summed E-state index contributed by atoms with van der Waals surface area (Å²) in [5, 5.41) is 7.21. The van der Waals surface area contributed by atoms with Crippen LogP contribution in [0.15, 0.2) is 18.2 Å². The van der Waals surface area contributed by atoms with Crippen LogP contribution in [0.1, 0.15) is 25.7 Å². The van der Waals surface area contributed by atoms with Gasteiger partial charge < -0.3 is 16.0 Å². The van der Waals surface area contributed by atoms with Gasteiger partial charge in [-0.05, 0) is 31.0 Å². The van der Waals surface area contributed by atoms with Gasteiger partial charge in [-0.1, -0.05) is 18.0 Å². The molecule has 10 heteroatoms. The second kappa shape index (κ2) is 7.40. The second-order valence-electron chi connectivity index (χ2n) is 6.54. The molecule has 0 unspecified atom stereocenters. The van der Waals surface area contributed by atoms with Crippen LogP contribution < -0.4 is 16.0 Å². The molecule has 2 aliphatic heterocycles. The highest BCUT2D eigenvalue weighted by Gasteiger charge is 2.51. The van der Waals surface area contributed by atoms with E-state index in [4.69, 9.17) is 11.6 Å². The molecular weight excluding hydrogens is 385 g/mol. The molecule has 7 nitrogen and oxygen atoms in total. The van der Waals surface area contributed by atoms with Crippen LogP contribution in [0.5, 0.6) is 0 Å². The number of carbonyl (C=O) groups excluding carboxylic acids is 2. The van der Waals surface area contributed by atoms with E-state index in [1.54, 1.807) is 0 Å². The minimum Gasteiger partial charge on any atom is -0.332 e. The summed E-state index contributed by atoms with van der Waals surface area (Å²) in [7, 11) is -3.26. The zero-order valence-corrected chi connectivity index (χ0v) is 15.4. The molecule has 1 aromatic carbocycles. The van der Waals surface area contributed by atoms with Crippen LogP contribution in [0.25, 0.3) is 0 Å². The van der Waals surface area contributed by atoms with Gasteiger partial charge in [0.2, 0.25) is 5.91 Å². The Bertz CT molecular complexity index is 833. The molecule has 2 fully saturated rings. The molecule has 3 atom stereocenters. The molecule has 3 rings (SSSR count). The van der Waals surface area contributed by atoms with Crippen molar-refractivity contribution in [2.75, 3.05) is 11.1 Å². The number of anilines is 1. The Kier molecular flexibility index (Phi) is 5.38. The number of unbranched alkanes of at least 4 members (excludes halogenated alkanes) is 1. The summed E-state index contributed by atoms with van der Waals surface area (Å²) >= 11 is 5.66. The van der Waals surface area contributed by atoms with E-state index in [9.17, 15) is 22.4 Å². The van der Waals surface area contributed by atoms with Gasteiger partial charge in [0.15, 0.2) is 9.84 Å². The molecular formula is C16H19ClFN3O4S. The van der Waals surface area contributed by atoms with E-state index in [1.165, 1.54) is 18.2 Å². The van der Waals surface area contributed by atoms with Crippen molar-refractivity contribution in [1.29, 1.82) is 0 Å². The Morgan fingerprint density at radius 1 is 1.31 bits per heavy atom. The summed E-state index contributed by atoms with van der Waals surface area (Å²) in [5.74, 6) is -0.864. The first-order chi connectivity index (χ1) is 12.3. The molecule has 0 radical (unpaired) electrons. The minimum atomic E-state index is -3.26. The van der Waals surface area contributed by atoms with Crippen molar-refractivity contribution in [1.82, 2.24) is 10.6 Å². The van der Waals surface area contributed by atoms with E-state index in [1.807, 2.05) is 0 Å². The van der Waals surface area contributed by atoms with Gasteiger partial charge in [0.1, 0.15) is 5.82 Å². The molecule has 1 aromatic rings. The average Bonchev–Trinajstić information content (AvgIpc) is 2.99. The van der Waals surface area contributed by atoms with Gasteiger partial charge in [0.25, 0.3) is 0 Å². The number of sulfone groups is 1. The molecule has 0 aliphatic carbocycles. The Morgan fingerprint density at radius 3 is 2.81 bits per heavy atom. The lowest BCUT2D eigenvalue weighted by atomic mass is 10.0. The smallest absolute Gasteiger partial charge is 0.315 e. The third kappa shape index (κ3) is 4.09. The number of hydrogen-bond acceptors (Lipinski definition) is 4. The number of nitrogens with one attached hydrogen (secondary N) is 3. The highest BCUT2D eigenvalue weighted by atomic mass is 35.5. The van der Waals surface area contributed by atoms with E-state index in [0.29, 0.717) is 24.9 Å². The number of benzene rings is 1. The van der Waals surface area contributed by atoms with Crippen LogP contribution in [-0.2, 0) is 14.6 Å². The van der Waals surface area contributed by atoms with Gasteiger partial charge in [-0.25, -0.2) is 17.6 Å². The van der Waals surface area contributed by atoms with Gasteiger partial charge in [-0.2, -0.15) is 0 Å². The number of rotatable bonds is 6. The van der Waals surface area contributed by atoms with Gasteiger partial charge in [-0.3, -0.25) is 4.79 Å². The molecule has 0 bridgehead atoms. The zero-order chi connectivity index (χ0) is 18.9. The van der Waals surface area contributed by atoms with Crippen LogP contribution in [-0.4, -0.2) is 43.4 Å². The molecule has 2 heterocycles. The highest BCUT2D eigenvalue weighted by Crippen LogP contribution is 2.28. The SMILES string of the molecule is O=C(CCCC[C@@H]1[C@@H]2NC(=O)N[C@@H]2CS1(=O)=O)Nc1ccc(F)c(Cl)c1. The first-order valence-electron chi connectivity index (χ1n) is 8.30. The quantitative estimate of drug-likeness (QED) is 0.497. The lowest BCUT2D eigenvalue weighted by Crippen LogP contribution is -2.39. The minimum absolute atomic E-state index is 0.0487. The van der Waals surface area contributed by atoms with Crippen LogP contribution >= 0.6 is 11.6 Å². The number of amides is 3. The fourth-order valence-electron chi connectivity index (χ4n) is 3.43. The van der Waals surface area contributed by atoms with Crippen LogP contribution in [0, 0.1) is 5.82 Å². The molecule has 0 aromatic heterocycles. The lowest BCUT2D eigenvalue weighted by molar-refractivity contribution is -0.116. The predicted molar refractivity (Wildman–Crippen MR) is 95.3 cm³/mol. The monoisotopic (exact) mass is 403 g/mol. The molecule has 26 heavy (non-hydrogen) atoms. The molecule has 3 N–H and O–H groups in total.